The summed E-state index contributed by atoms with van der Waals surface area (Å²) in [7, 11) is 0. The van der Waals surface area contributed by atoms with Crippen molar-refractivity contribution in [2.24, 2.45) is 0 Å². The van der Waals surface area contributed by atoms with Gasteiger partial charge in [-0.05, 0) is 83.5 Å². The SMILES string of the molecule is CC/C=C\C/C=C\C/C=C\C/C=C\C/C=C\C/C=C\C/C=C\C/C=C\CCCCCCC(=O)NC(COC1OC(CO)C(OC2OC(CO)C(OC3OC(CO)C(O)C(O)C3O)C(O)C2O)C(O)C1O)C(O)/C=C/CCCCCCCCCCCCCC. The van der Waals surface area contributed by atoms with Crippen LogP contribution >= 0.6 is 0 Å². The highest BCUT2D eigenvalue weighted by molar-refractivity contribution is 5.76. The summed E-state index contributed by atoms with van der Waals surface area (Å²) in [6.45, 7) is 1.57. The van der Waals surface area contributed by atoms with Gasteiger partial charge in [0.15, 0.2) is 18.9 Å². The fourth-order valence-electron chi connectivity index (χ4n) is 10.4. The highest BCUT2D eigenvalue weighted by Crippen LogP contribution is 2.33. The van der Waals surface area contributed by atoms with Gasteiger partial charge in [0.1, 0.15) is 73.2 Å². The molecule has 0 spiro atoms. The Bertz CT molecular complexity index is 2020. The summed E-state index contributed by atoms with van der Waals surface area (Å²) < 4.78 is 34.3. The summed E-state index contributed by atoms with van der Waals surface area (Å²) in [5, 5.41) is 120. The van der Waals surface area contributed by atoms with Crippen LogP contribution < -0.4 is 5.32 Å². The molecule has 3 aliphatic heterocycles. The zero-order valence-electron chi connectivity index (χ0n) is 52.9. The minimum Gasteiger partial charge on any atom is -0.394 e. The van der Waals surface area contributed by atoms with Crippen LogP contribution in [0.25, 0.3) is 0 Å². The smallest absolute Gasteiger partial charge is 0.220 e. The Morgan fingerprint density at radius 3 is 1.23 bits per heavy atom. The van der Waals surface area contributed by atoms with E-state index in [2.05, 4.69) is 116 Å². The third-order valence-corrected chi connectivity index (χ3v) is 15.8. The maximum Gasteiger partial charge on any atom is 0.220 e. The van der Waals surface area contributed by atoms with Gasteiger partial charge < -0.3 is 89.9 Å². The van der Waals surface area contributed by atoms with Crippen molar-refractivity contribution in [3.8, 4) is 0 Å². The average molecular weight is 1250 g/mol. The highest BCUT2D eigenvalue weighted by atomic mass is 16.8. The maximum atomic E-state index is 13.4. The molecular formula is C69H115NO18. The number of allylic oxidation sites excluding steroid dienone is 17. The van der Waals surface area contributed by atoms with E-state index in [9.17, 15) is 61.0 Å². The molecule has 0 bridgehead atoms. The lowest BCUT2D eigenvalue weighted by atomic mass is 9.96. The summed E-state index contributed by atoms with van der Waals surface area (Å²) >= 11 is 0. The predicted octanol–water partition coefficient (Wildman–Crippen LogP) is 7.88. The number of aliphatic hydroxyl groups excluding tert-OH is 11. The summed E-state index contributed by atoms with van der Waals surface area (Å²) in [6, 6.07) is -0.995. The van der Waals surface area contributed by atoms with Crippen LogP contribution in [0.3, 0.4) is 0 Å². The molecule has 3 saturated heterocycles. The number of carbonyl (C=O) groups is 1. The summed E-state index contributed by atoms with van der Waals surface area (Å²) in [6.07, 6.45) is 39.2. The van der Waals surface area contributed by atoms with Crippen LogP contribution in [0.2, 0.25) is 0 Å². The van der Waals surface area contributed by atoms with Crippen molar-refractivity contribution in [2.45, 2.75) is 291 Å². The van der Waals surface area contributed by atoms with E-state index in [4.69, 9.17) is 28.4 Å². The summed E-state index contributed by atoms with van der Waals surface area (Å²) in [4.78, 5) is 13.4. The Morgan fingerprint density at radius 1 is 0.420 bits per heavy atom. The van der Waals surface area contributed by atoms with Gasteiger partial charge in [-0.25, -0.2) is 0 Å². The molecule has 0 aromatic rings. The van der Waals surface area contributed by atoms with Crippen LogP contribution in [0.5, 0.6) is 0 Å². The van der Waals surface area contributed by atoms with Gasteiger partial charge in [0, 0.05) is 6.42 Å². The van der Waals surface area contributed by atoms with Crippen molar-refractivity contribution in [3.05, 3.63) is 109 Å². The summed E-state index contributed by atoms with van der Waals surface area (Å²) in [5.41, 5.74) is 0. The standard InChI is InChI=1S/C69H115NO18/c1-3-5-7-9-11-13-15-17-19-20-21-22-23-24-25-26-27-28-29-30-31-32-33-35-37-39-41-43-45-47-57(75)70-52(53(74)46-44-42-40-38-36-34-18-16-14-12-10-8-6-4-2)51-83-67-63(81)60(78)65(55(49-72)85-67)88-69-64(82)61(79)66(56(50-73)86-69)87-68-62(80)59(77)58(76)54(48-71)84-68/h5,7,11,13,17,19,21-22,24-25,27-28,30-31,33,35,44,46,52-56,58-69,71-74,76-82H,3-4,6,8-10,12,14-16,18,20,23,26,29,32,34,36-43,45,47-51H2,1-2H3,(H,70,75)/b7-5-,13-11-,19-17-,22-21-,25-24-,28-27-,31-30-,35-33-,46-44+. The van der Waals surface area contributed by atoms with Crippen molar-refractivity contribution in [2.75, 3.05) is 26.4 Å². The quantitative estimate of drug-likeness (QED) is 0.0204. The Morgan fingerprint density at radius 2 is 0.784 bits per heavy atom. The molecule has 88 heavy (non-hydrogen) atoms. The second-order valence-electron chi connectivity index (χ2n) is 23.2. The van der Waals surface area contributed by atoms with Gasteiger partial charge in [0.25, 0.3) is 0 Å². The molecule has 0 radical (unpaired) electrons. The third-order valence-electron chi connectivity index (χ3n) is 15.8. The Kier molecular flexibility index (Phi) is 44.8. The number of hydrogen-bond acceptors (Lipinski definition) is 18. The van der Waals surface area contributed by atoms with Crippen molar-refractivity contribution >= 4 is 5.91 Å². The maximum absolute atomic E-state index is 13.4. The molecule has 19 heteroatoms. The number of aliphatic hydroxyl groups is 11. The molecule has 1 amide bonds. The third kappa shape index (κ3) is 32.1. The van der Waals surface area contributed by atoms with Crippen LogP contribution in [0.1, 0.15) is 187 Å². The molecule has 3 aliphatic rings. The molecule has 0 aromatic heterocycles. The summed E-state index contributed by atoms with van der Waals surface area (Å²) in [5.74, 6) is -0.306. The zero-order valence-corrected chi connectivity index (χ0v) is 52.9. The van der Waals surface area contributed by atoms with Gasteiger partial charge in [-0.15, -0.1) is 0 Å². The van der Waals surface area contributed by atoms with E-state index in [1.54, 1.807) is 6.08 Å². The van der Waals surface area contributed by atoms with Gasteiger partial charge in [-0.2, -0.15) is 0 Å². The van der Waals surface area contributed by atoms with Crippen LogP contribution in [0.4, 0.5) is 0 Å². The molecule has 0 aliphatic carbocycles. The Hall–Kier alpha value is -3.55. The van der Waals surface area contributed by atoms with Crippen LogP contribution in [0.15, 0.2) is 109 Å². The zero-order chi connectivity index (χ0) is 64.0. The largest absolute Gasteiger partial charge is 0.394 e. The van der Waals surface area contributed by atoms with Gasteiger partial charge in [0.05, 0.1) is 38.6 Å². The minimum atomic E-state index is -1.99. The molecule has 3 rings (SSSR count). The predicted molar refractivity (Wildman–Crippen MR) is 341 cm³/mol. The molecule has 504 valence electrons. The van der Waals surface area contributed by atoms with Crippen molar-refractivity contribution < 1.29 is 89.4 Å². The van der Waals surface area contributed by atoms with Crippen LogP contribution in [-0.2, 0) is 33.2 Å². The molecule has 17 atom stereocenters. The van der Waals surface area contributed by atoms with Gasteiger partial charge in [-0.1, -0.05) is 207 Å². The van der Waals surface area contributed by atoms with E-state index < -0.39 is 124 Å². The first kappa shape index (κ1) is 78.7. The van der Waals surface area contributed by atoms with E-state index in [1.807, 2.05) is 6.08 Å². The van der Waals surface area contributed by atoms with Crippen molar-refractivity contribution in [1.82, 2.24) is 5.32 Å². The first-order chi connectivity index (χ1) is 42.8. The first-order valence-electron chi connectivity index (χ1n) is 33.1. The van der Waals surface area contributed by atoms with Gasteiger partial charge in [-0.3, -0.25) is 4.79 Å². The van der Waals surface area contributed by atoms with E-state index in [0.29, 0.717) is 6.42 Å². The van der Waals surface area contributed by atoms with Crippen molar-refractivity contribution in [3.63, 3.8) is 0 Å². The number of carbonyl (C=O) groups excluding carboxylic acids is 1. The number of nitrogens with one attached hydrogen (secondary N) is 1. The minimum absolute atomic E-state index is 0.206. The normalized spacial score (nSPS) is 29.1. The van der Waals surface area contributed by atoms with Gasteiger partial charge >= 0.3 is 0 Å². The molecule has 0 saturated carbocycles. The lowest BCUT2D eigenvalue weighted by molar-refractivity contribution is -0.379. The van der Waals surface area contributed by atoms with E-state index in [-0.39, 0.29) is 18.9 Å². The molecule has 12 N–H and O–H groups in total. The first-order valence-corrected chi connectivity index (χ1v) is 33.1. The second-order valence-corrected chi connectivity index (χ2v) is 23.2. The molecule has 3 fully saturated rings. The monoisotopic (exact) mass is 1250 g/mol. The van der Waals surface area contributed by atoms with E-state index in [0.717, 1.165) is 103 Å². The number of rotatable bonds is 48. The topological polar surface area (TPSA) is 307 Å². The lowest BCUT2D eigenvalue weighted by Gasteiger charge is -2.48. The fraction of sp³-hybridized carbons (Fsp3) is 0.725. The lowest BCUT2D eigenvalue weighted by Crippen LogP contribution is -2.66. The number of ether oxygens (including phenoxy) is 6. The molecule has 19 nitrogen and oxygen atoms in total. The van der Waals surface area contributed by atoms with Crippen molar-refractivity contribution in [1.29, 1.82) is 0 Å². The van der Waals surface area contributed by atoms with E-state index >= 15 is 0 Å². The highest BCUT2D eigenvalue weighted by Gasteiger charge is 2.53. The van der Waals surface area contributed by atoms with Crippen LogP contribution in [0, 0.1) is 0 Å². The number of amides is 1. The number of unbranched alkanes of at least 4 members (excludes halogenated alkanes) is 16. The Labute approximate surface area is 525 Å². The molecule has 3 heterocycles. The molecule has 17 unspecified atom stereocenters. The molecule has 0 aromatic carbocycles. The number of hydrogen-bond donors (Lipinski definition) is 12. The Balaban J connectivity index is 1.45. The fourth-order valence-corrected chi connectivity index (χ4v) is 10.4. The average Bonchev–Trinajstić information content (AvgIpc) is 2.57. The second kappa shape index (κ2) is 50.1. The van der Waals surface area contributed by atoms with E-state index in [1.165, 1.54) is 57.8 Å². The van der Waals surface area contributed by atoms with Crippen LogP contribution in [-0.4, -0.2) is 193 Å². The molecular weight excluding hydrogens is 1130 g/mol. The van der Waals surface area contributed by atoms with Gasteiger partial charge in [0.2, 0.25) is 5.91 Å².